The zero-order valence-electron chi connectivity index (χ0n) is 16.3. The van der Waals surface area contributed by atoms with Gasteiger partial charge in [-0.05, 0) is 43.2 Å². The number of halogens is 3. The van der Waals surface area contributed by atoms with Crippen LogP contribution in [0.15, 0.2) is 70.4 Å². The van der Waals surface area contributed by atoms with Gasteiger partial charge in [0, 0.05) is 16.6 Å². The Bertz CT molecular complexity index is 1120. The number of pyridine rings is 1. The number of anilines is 1. The fourth-order valence-electron chi connectivity index (χ4n) is 3.66. The zero-order valence-corrected chi connectivity index (χ0v) is 17.9. The molecule has 2 N–H and O–H groups in total. The van der Waals surface area contributed by atoms with Crippen molar-refractivity contribution >= 4 is 33.5 Å². The number of carbonyl (C=O) groups excluding carboxylic acids is 1. The lowest BCUT2D eigenvalue weighted by Crippen LogP contribution is -2.52. The molecule has 0 spiro atoms. The fraction of sp³-hybridized carbons (Fsp3) is 0.227. The monoisotopic (exact) mass is 490 g/mol. The van der Waals surface area contributed by atoms with E-state index in [0.29, 0.717) is 10.2 Å². The molecule has 1 aromatic heterocycles. The molecule has 1 aliphatic carbocycles. The van der Waals surface area contributed by atoms with Crippen molar-refractivity contribution in [2.75, 3.05) is 11.9 Å². The number of quaternary nitrogens is 1. The van der Waals surface area contributed by atoms with Gasteiger partial charge in [-0.15, -0.1) is 0 Å². The second kappa shape index (κ2) is 8.32. The first kappa shape index (κ1) is 21.3. The Morgan fingerprint density at radius 1 is 1.26 bits per heavy atom. The van der Waals surface area contributed by atoms with Crippen LogP contribution in [0.25, 0.3) is 0 Å². The molecule has 9 heteroatoms. The minimum Gasteiger partial charge on any atom is -0.477 e. The summed E-state index contributed by atoms with van der Waals surface area (Å²) in [7, 11) is 0. The summed E-state index contributed by atoms with van der Waals surface area (Å²) in [4.78, 5) is 29.5. The van der Waals surface area contributed by atoms with Crippen LogP contribution in [0.1, 0.15) is 18.5 Å². The number of aromatic nitrogens is 1. The number of carbonyl (C=O) groups is 2. The molecule has 1 unspecified atom stereocenters. The van der Waals surface area contributed by atoms with Crippen molar-refractivity contribution in [3.63, 3.8) is 0 Å². The largest absolute Gasteiger partial charge is 0.477 e. The molecular weight excluding hydrogens is 472 g/mol. The third kappa shape index (κ3) is 4.42. The lowest BCUT2D eigenvalue weighted by atomic mass is 10.0. The van der Waals surface area contributed by atoms with E-state index in [1.54, 1.807) is 24.4 Å². The highest BCUT2D eigenvalue weighted by atomic mass is 79.9. The van der Waals surface area contributed by atoms with Gasteiger partial charge in [0.1, 0.15) is 29.8 Å². The Balaban J connectivity index is 1.77. The third-order valence-corrected chi connectivity index (χ3v) is 5.82. The van der Waals surface area contributed by atoms with Crippen molar-refractivity contribution in [3.05, 3.63) is 81.9 Å². The standard InChI is InChI=1S/C22H18BrF2N3O3/c23-14-6-7-18(17(24)9-14)27-20-16(22(30)31)12-28(10-13-4-5-13,21(29)19(20)25)11-15-3-1-2-8-26-15/h1-3,6-9,12-13H,4-5,10-11H2,(H-,27,29,30,31)/p+1. The van der Waals surface area contributed by atoms with E-state index in [0.717, 1.165) is 18.9 Å². The number of carboxylic acids is 1. The topological polar surface area (TPSA) is 79.3 Å². The molecule has 4 rings (SSSR count). The molecular formula is C22H19BrF2N3O3+. The van der Waals surface area contributed by atoms with Crippen LogP contribution in [0.5, 0.6) is 0 Å². The molecule has 1 aromatic carbocycles. The van der Waals surface area contributed by atoms with Crippen molar-refractivity contribution < 1.29 is 28.0 Å². The minimum atomic E-state index is -1.41. The van der Waals surface area contributed by atoms with Crippen molar-refractivity contribution in [2.24, 2.45) is 5.92 Å². The lowest BCUT2D eigenvalue weighted by Gasteiger charge is -2.35. The van der Waals surface area contributed by atoms with Gasteiger partial charge in [0.2, 0.25) is 0 Å². The summed E-state index contributed by atoms with van der Waals surface area (Å²) in [5, 5.41) is 12.3. The zero-order chi connectivity index (χ0) is 22.2. The average molecular weight is 491 g/mol. The first-order valence-electron chi connectivity index (χ1n) is 9.69. The van der Waals surface area contributed by atoms with Gasteiger partial charge in [-0.2, -0.15) is 4.39 Å². The Labute approximate surface area is 185 Å². The van der Waals surface area contributed by atoms with Crippen LogP contribution >= 0.6 is 15.9 Å². The Hall–Kier alpha value is -2.91. The smallest absolute Gasteiger partial charge is 0.381 e. The third-order valence-electron chi connectivity index (χ3n) is 5.33. The van der Waals surface area contributed by atoms with Gasteiger partial charge in [0.05, 0.1) is 17.9 Å². The first-order valence-corrected chi connectivity index (χ1v) is 10.5. The molecule has 0 radical (unpaired) electrons. The molecule has 2 heterocycles. The highest BCUT2D eigenvalue weighted by Gasteiger charge is 2.49. The Morgan fingerprint density at radius 2 is 2.03 bits per heavy atom. The Kier molecular flexibility index (Phi) is 5.72. The van der Waals surface area contributed by atoms with E-state index in [1.807, 2.05) is 0 Å². The summed E-state index contributed by atoms with van der Waals surface area (Å²) in [5.41, 5.74) is -0.568. The highest BCUT2D eigenvalue weighted by molar-refractivity contribution is 9.10. The first-order chi connectivity index (χ1) is 14.8. The lowest BCUT2D eigenvalue weighted by molar-refractivity contribution is -0.819. The van der Waals surface area contributed by atoms with Crippen LogP contribution < -0.4 is 5.32 Å². The van der Waals surface area contributed by atoms with E-state index >= 15 is 4.39 Å². The Morgan fingerprint density at radius 3 is 2.65 bits per heavy atom. The van der Waals surface area contributed by atoms with Gasteiger partial charge in [0.25, 0.3) is 5.83 Å². The summed E-state index contributed by atoms with van der Waals surface area (Å²) in [6.45, 7) is 0.305. The number of carboxylic acid groups (broad SMARTS) is 1. The SMILES string of the molecule is O=C(O)C1=C[N+](Cc2ccccn2)(CC2CC2)C(=O)C(F)=C1Nc1ccc(Br)cc1F. The van der Waals surface area contributed by atoms with Crippen molar-refractivity contribution in [1.82, 2.24) is 4.98 Å². The van der Waals surface area contributed by atoms with Crippen LogP contribution in [0.2, 0.25) is 0 Å². The van der Waals surface area contributed by atoms with Gasteiger partial charge >= 0.3 is 11.9 Å². The fourth-order valence-corrected chi connectivity index (χ4v) is 3.99. The molecule has 1 fully saturated rings. The molecule has 0 saturated heterocycles. The predicted molar refractivity (Wildman–Crippen MR) is 112 cm³/mol. The van der Waals surface area contributed by atoms with E-state index in [-0.39, 0.29) is 24.7 Å². The average Bonchev–Trinajstić information content (AvgIpc) is 3.54. The van der Waals surface area contributed by atoms with Crippen LogP contribution in [0.3, 0.4) is 0 Å². The van der Waals surface area contributed by atoms with Gasteiger partial charge in [-0.1, -0.05) is 22.0 Å². The van der Waals surface area contributed by atoms with E-state index in [1.165, 1.54) is 18.3 Å². The molecule has 160 valence electrons. The normalized spacial score (nSPS) is 21.1. The van der Waals surface area contributed by atoms with Crippen molar-refractivity contribution in [2.45, 2.75) is 19.4 Å². The number of hydrogen-bond acceptors (Lipinski definition) is 4. The van der Waals surface area contributed by atoms with Crippen LogP contribution in [0, 0.1) is 11.7 Å². The summed E-state index contributed by atoms with van der Waals surface area (Å²) in [5.74, 6) is -4.04. The van der Waals surface area contributed by atoms with Crippen LogP contribution in [-0.4, -0.2) is 33.0 Å². The number of rotatable bonds is 7. The van der Waals surface area contributed by atoms with E-state index in [2.05, 4.69) is 26.2 Å². The number of amides is 1. The maximum Gasteiger partial charge on any atom is 0.381 e. The van der Waals surface area contributed by atoms with Crippen molar-refractivity contribution in [1.29, 1.82) is 0 Å². The maximum atomic E-state index is 15.4. The predicted octanol–water partition coefficient (Wildman–Crippen LogP) is 4.51. The summed E-state index contributed by atoms with van der Waals surface area (Å²) in [6, 6.07) is 9.19. The number of nitrogens with one attached hydrogen (secondary N) is 1. The summed E-state index contributed by atoms with van der Waals surface area (Å²) in [6.07, 6.45) is 4.62. The molecule has 1 saturated carbocycles. The summed E-state index contributed by atoms with van der Waals surface area (Å²) >= 11 is 3.13. The molecule has 1 aliphatic heterocycles. The quantitative estimate of drug-likeness (QED) is 0.558. The number of benzene rings is 1. The summed E-state index contributed by atoms with van der Waals surface area (Å²) < 4.78 is 29.6. The molecule has 0 bridgehead atoms. The molecule has 31 heavy (non-hydrogen) atoms. The van der Waals surface area contributed by atoms with E-state index in [4.69, 9.17) is 0 Å². The molecule has 2 aliphatic rings. The number of hydrogen-bond donors (Lipinski definition) is 2. The second-order valence-corrected chi connectivity index (χ2v) is 8.65. The number of nitrogens with zero attached hydrogens (tertiary/aromatic N) is 2. The van der Waals surface area contributed by atoms with Gasteiger partial charge < -0.3 is 10.4 Å². The van der Waals surface area contributed by atoms with Gasteiger partial charge in [-0.3, -0.25) is 4.98 Å². The van der Waals surface area contributed by atoms with Crippen molar-refractivity contribution in [3.8, 4) is 0 Å². The molecule has 2 aromatic rings. The van der Waals surface area contributed by atoms with Gasteiger partial charge in [-0.25, -0.2) is 18.5 Å². The second-order valence-electron chi connectivity index (χ2n) is 7.73. The molecule has 6 nitrogen and oxygen atoms in total. The van der Waals surface area contributed by atoms with E-state index in [9.17, 15) is 19.1 Å². The van der Waals surface area contributed by atoms with Crippen LogP contribution in [-0.2, 0) is 16.1 Å². The number of aliphatic carboxylic acids is 1. The van der Waals surface area contributed by atoms with Crippen LogP contribution in [0.4, 0.5) is 14.5 Å². The minimum absolute atomic E-state index is 0.0281. The molecule has 1 amide bonds. The molecule has 1 atom stereocenters. The maximum absolute atomic E-state index is 15.4. The van der Waals surface area contributed by atoms with Gasteiger partial charge in [0.15, 0.2) is 0 Å². The van der Waals surface area contributed by atoms with E-state index < -0.39 is 39.3 Å². The highest BCUT2D eigenvalue weighted by Crippen LogP contribution is 2.39.